The van der Waals surface area contributed by atoms with Crippen molar-refractivity contribution in [2.45, 2.75) is 13.3 Å². The summed E-state index contributed by atoms with van der Waals surface area (Å²) >= 11 is 10.2. The molecule has 19 heavy (non-hydrogen) atoms. The van der Waals surface area contributed by atoms with Crippen molar-refractivity contribution in [1.29, 1.82) is 0 Å². The van der Waals surface area contributed by atoms with Gasteiger partial charge in [-0.1, -0.05) is 6.92 Å². The first-order valence-electron chi connectivity index (χ1n) is 5.90. The Morgan fingerprint density at radius 2 is 1.74 bits per heavy atom. The zero-order valence-electron chi connectivity index (χ0n) is 10.9. The number of rotatable bonds is 4. The quantitative estimate of drug-likeness (QED) is 0.499. The fourth-order valence-electron chi connectivity index (χ4n) is 1.23. The van der Waals surface area contributed by atoms with Crippen LogP contribution in [0.15, 0.2) is 24.3 Å². The first-order valence-corrected chi connectivity index (χ1v) is 6.72. The molecule has 7 heteroatoms. The van der Waals surface area contributed by atoms with Gasteiger partial charge in [0.2, 0.25) is 0 Å². The van der Waals surface area contributed by atoms with Gasteiger partial charge in [-0.05, 0) is 55.1 Å². The topological polar surface area (TPSA) is 57.3 Å². The Morgan fingerprint density at radius 3 is 2.32 bits per heavy atom. The molecule has 0 amide bonds. The minimum Gasteiger partial charge on any atom is -0.497 e. The van der Waals surface area contributed by atoms with E-state index in [0.717, 1.165) is 24.4 Å². The number of anilines is 1. The van der Waals surface area contributed by atoms with Crippen molar-refractivity contribution in [3.63, 3.8) is 0 Å². The first kappa shape index (κ1) is 15.5. The Kier molecular flexibility index (Phi) is 6.91. The number of hydrazine groups is 1. The van der Waals surface area contributed by atoms with Gasteiger partial charge in [0, 0.05) is 12.2 Å². The van der Waals surface area contributed by atoms with E-state index in [9.17, 15) is 0 Å². The molecule has 1 aromatic carbocycles. The molecule has 0 atom stereocenters. The van der Waals surface area contributed by atoms with Gasteiger partial charge in [0.25, 0.3) is 0 Å². The third-order valence-corrected chi connectivity index (χ3v) is 2.62. The first-order chi connectivity index (χ1) is 9.15. The zero-order chi connectivity index (χ0) is 14.1. The van der Waals surface area contributed by atoms with Crippen molar-refractivity contribution >= 4 is 40.3 Å². The SMILES string of the molecule is CCCNC(=S)NNC(=S)Nc1ccc(OC)cc1. The highest BCUT2D eigenvalue weighted by atomic mass is 32.1. The van der Waals surface area contributed by atoms with Gasteiger partial charge in [-0.15, -0.1) is 0 Å². The average Bonchev–Trinajstić information content (AvgIpc) is 2.43. The molecule has 0 aliphatic carbocycles. The van der Waals surface area contributed by atoms with E-state index in [1.54, 1.807) is 7.11 Å². The molecule has 0 spiro atoms. The number of ether oxygens (including phenoxy) is 1. The largest absolute Gasteiger partial charge is 0.497 e. The highest BCUT2D eigenvalue weighted by Gasteiger charge is 1.99. The van der Waals surface area contributed by atoms with Crippen molar-refractivity contribution in [2.75, 3.05) is 19.0 Å². The molecule has 4 N–H and O–H groups in total. The summed E-state index contributed by atoms with van der Waals surface area (Å²) < 4.78 is 5.08. The molecule has 0 saturated carbocycles. The van der Waals surface area contributed by atoms with Crippen LogP contribution in [0.25, 0.3) is 0 Å². The second-order valence-electron chi connectivity index (χ2n) is 3.69. The van der Waals surface area contributed by atoms with E-state index < -0.39 is 0 Å². The summed E-state index contributed by atoms with van der Waals surface area (Å²) in [5.41, 5.74) is 6.47. The number of benzene rings is 1. The van der Waals surface area contributed by atoms with Crippen LogP contribution in [0.2, 0.25) is 0 Å². The molecule has 0 saturated heterocycles. The van der Waals surface area contributed by atoms with Crippen molar-refractivity contribution < 1.29 is 4.74 Å². The smallest absolute Gasteiger partial charge is 0.189 e. The van der Waals surface area contributed by atoms with E-state index in [4.69, 9.17) is 29.2 Å². The molecule has 0 aliphatic rings. The fourth-order valence-corrected chi connectivity index (χ4v) is 1.55. The maximum atomic E-state index is 5.12. The van der Waals surface area contributed by atoms with Gasteiger partial charge in [-0.2, -0.15) is 0 Å². The van der Waals surface area contributed by atoms with Crippen molar-refractivity contribution in [2.24, 2.45) is 0 Å². The Morgan fingerprint density at radius 1 is 1.11 bits per heavy atom. The molecule has 1 rings (SSSR count). The van der Waals surface area contributed by atoms with Gasteiger partial charge in [0.1, 0.15) is 5.75 Å². The lowest BCUT2D eigenvalue weighted by Gasteiger charge is -2.14. The Labute approximate surface area is 124 Å². The summed E-state index contributed by atoms with van der Waals surface area (Å²) in [6.45, 7) is 2.89. The summed E-state index contributed by atoms with van der Waals surface area (Å²) in [6.07, 6.45) is 1.01. The maximum Gasteiger partial charge on any atom is 0.189 e. The number of hydrogen-bond acceptors (Lipinski definition) is 3. The van der Waals surface area contributed by atoms with Crippen LogP contribution >= 0.6 is 24.4 Å². The van der Waals surface area contributed by atoms with Crippen LogP contribution in [0.5, 0.6) is 5.75 Å². The van der Waals surface area contributed by atoms with Crippen LogP contribution in [0, 0.1) is 0 Å². The predicted molar refractivity (Wildman–Crippen MR) is 86.4 cm³/mol. The summed E-state index contributed by atoms with van der Waals surface area (Å²) in [6, 6.07) is 7.46. The minimum absolute atomic E-state index is 0.436. The van der Waals surface area contributed by atoms with Gasteiger partial charge in [-0.3, -0.25) is 10.9 Å². The number of hydrogen-bond donors (Lipinski definition) is 4. The van der Waals surface area contributed by atoms with E-state index in [-0.39, 0.29) is 0 Å². The van der Waals surface area contributed by atoms with Crippen molar-refractivity contribution in [3.05, 3.63) is 24.3 Å². The van der Waals surface area contributed by atoms with Crippen LogP contribution < -0.4 is 26.2 Å². The standard InChI is InChI=1S/C12H18N4OS2/c1-3-8-13-11(18)15-16-12(19)14-9-4-6-10(17-2)7-5-9/h4-7H,3,8H2,1-2H3,(H2,13,15,18)(H2,14,16,19). The van der Waals surface area contributed by atoms with Crippen LogP contribution in [-0.4, -0.2) is 23.9 Å². The molecular weight excluding hydrogens is 280 g/mol. The lowest BCUT2D eigenvalue weighted by molar-refractivity contribution is 0.415. The lowest BCUT2D eigenvalue weighted by atomic mass is 10.3. The highest BCUT2D eigenvalue weighted by molar-refractivity contribution is 7.80. The summed E-state index contributed by atoms with van der Waals surface area (Å²) in [4.78, 5) is 0. The molecule has 104 valence electrons. The number of thiocarbonyl (C=S) groups is 2. The van der Waals surface area contributed by atoms with Crippen LogP contribution in [-0.2, 0) is 0 Å². The van der Waals surface area contributed by atoms with E-state index in [1.165, 1.54) is 0 Å². The molecule has 0 fully saturated rings. The van der Waals surface area contributed by atoms with E-state index in [0.29, 0.717) is 10.2 Å². The van der Waals surface area contributed by atoms with Crippen molar-refractivity contribution in [3.8, 4) is 5.75 Å². The average molecular weight is 298 g/mol. The van der Waals surface area contributed by atoms with E-state index >= 15 is 0 Å². The number of nitrogens with one attached hydrogen (secondary N) is 4. The molecule has 5 nitrogen and oxygen atoms in total. The second-order valence-corrected chi connectivity index (χ2v) is 4.51. The second kappa shape index (κ2) is 8.49. The summed E-state index contributed by atoms with van der Waals surface area (Å²) in [7, 11) is 1.63. The monoisotopic (exact) mass is 298 g/mol. The molecule has 0 radical (unpaired) electrons. The Balaban J connectivity index is 2.32. The van der Waals surface area contributed by atoms with Crippen LogP contribution in [0.1, 0.15) is 13.3 Å². The predicted octanol–water partition coefficient (Wildman–Crippen LogP) is 1.77. The minimum atomic E-state index is 0.436. The van der Waals surface area contributed by atoms with Crippen LogP contribution in [0.3, 0.4) is 0 Å². The molecule has 0 heterocycles. The Bertz CT molecular complexity index is 422. The molecule has 0 bridgehead atoms. The van der Waals surface area contributed by atoms with Crippen LogP contribution in [0.4, 0.5) is 5.69 Å². The van der Waals surface area contributed by atoms with Gasteiger partial charge in [0.15, 0.2) is 10.2 Å². The normalized spacial score (nSPS) is 9.37. The van der Waals surface area contributed by atoms with Gasteiger partial charge in [0.05, 0.1) is 7.11 Å². The molecule has 1 aromatic rings. The van der Waals surface area contributed by atoms with E-state index in [1.807, 2.05) is 24.3 Å². The third-order valence-electron chi connectivity index (χ3n) is 2.17. The zero-order valence-corrected chi connectivity index (χ0v) is 12.6. The lowest BCUT2D eigenvalue weighted by Crippen LogP contribution is -2.48. The molecular formula is C12H18N4OS2. The summed E-state index contributed by atoms with van der Waals surface area (Å²) in [5, 5.41) is 6.99. The third kappa shape index (κ3) is 6.21. The Hall–Kier alpha value is -1.60. The summed E-state index contributed by atoms with van der Waals surface area (Å²) in [5.74, 6) is 0.799. The van der Waals surface area contributed by atoms with Gasteiger partial charge >= 0.3 is 0 Å². The van der Waals surface area contributed by atoms with E-state index in [2.05, 4.69) is 28.4 Å². The van der Waals surface area contributed by atoms with Gasteiger partial charge < -0.3 is 15.4 Å². The van der Waals surface area contributed by atoms with Gasteiger partial charge in [-0.25, -0.2) is 0 Å². The molecule has 0 aliphatic heterocycles. The molecule has 0 unspecified atom stereocenters. The highest BCUT2D eigenvalue weighted by Crippen LogP contribution is 2.14. The number of methoxy groups -OCH3 is 1. The molecule has 0 aromatic heterocycles. The fraction of sp³-hybridized carbons (Fsp3) is 0.333. The maximum absolute atomic E-state index is 5.12. The van der Waals surface area contributed by atoms with Crippen molar-refractivity contribution in [1.82, 2.24) is 16.2 Å².